The zero-order chi connectivity index (χ0) is 9.59. The average Bonchev–Trinajstić information content (AvgIpc) is 2.79. The fourth-order valence-electron chi connectivity index (χ4n) is 1.91. The van der Waals surface area contributed by atoms with Gasteiger partial charge in [-0.25, -0.2) is 0 Å². The molecule has 0 radical (unpaired) electrons. The maximum absolute atomic E-state index is 11.5. The van der Waals surface area contributed by atoms with Crippen LogP contribution in [0.4, 0.5) is 0 Å². The molecule has 2 atom stereocenters. The van der Waals surface area contributed by atoms with Crippen molar-refractivity contribution in [3.63, 3.8) is 0 Å². The highest BCUT2D eigenvalue weighted by molar-refractivity contribution is 6.16. The molecule has 0 aromatic carbocycles. The van der Waals surface area contributed by atoms with Gasteiger partial charge in [0.1, 0.15) is 0 Å². The summed E-state index contributed by atoms with van der Waals surface area (Å²) in [4.78, 5) is 24.3. The summed E-state index contributed by atoms with van der Waals surface area (Å²) < 4.78 is 0. The predicted molar refractivity (Wildman–Crippen MR) is 47.8 cm³/mol. The second kappa shape index (κ2) is 2.69. The molecule has 70 valence electrons. The quantitative estimate of drug-likeness (QED) is 0.595. The van der Waals surface area contributed by atoms with Crippen LogP contribution >= 0.6 is 0 Å². The number of hydrogen-bond donors (Lipinski definition) is 0. The molecule has 13 heavy (non-hydrogen) atoms. The van der Waals surface area contributed by atoms with Gasteiger partial charge in [0.05, 0.1) is 0 Å². The molecule has 2 rings (SSSR count). The van der Waals surface area contributed by atoms with E-state index >= 15 is 0 Å². The topological polar surface area (TPSA) is 37.4 Å². The van der Waals surface area contributed by atoms with Crippen LogP contribution in [0.2, 0.25) is 0 Å². The normalized spacial score (nSPS) is 32.5. The summed E-state index contributed by atoms with van der Waals surface area (Å²) in [5, 5.41) is 0. The van der Waals surface area contributed by atoms with Gasteiger partial charge in [-0.3, -0.25) is 14.5 Å². The van der Waals surface area contributed by atoms with E-state index in [4.69, 9.17) is 0 Å². The van der Waals surface area contributed by atoms with E-state index in [0.717, 1.165) is 12.8 Å². The van der Waals surface area contributed by atoms with Gasteiger partial charge in [-0.05, 0) is 19.3 Å². The van der Waals surface area contributed by atoms with Crippen molar-refractivity contribution < 1.29 is 9.59 Å². The molecule has 0 aromatic rings. The van der Waals surface area contributed by atoms with E-state index in [1.54, 1.807) is 6.92 Å². The standard InChI is InChI=1S/C10H13NO2/c1-3-7-5-8(7)11-9(12)4-6(2)10(11)13/h4,7-8H,3,5H2,1-2H3. The van der Waals surface area contributed by atoms with Crippen LogP contribution in [0.15, 0.2) is 11.6 Å². The Morgan fingerprint density at radius 1 is 1.54 bits per heavy atom. The third kappa shape index (κ3) is 1.19. The number of amides is 2. The van der Waals surface area contributed by atoms with Crippen LogP contribution in [0.1, 0.15) is 26.7 Å². The molecule has 2 unspecified atom stereocenters. The third-order valence-electron chi connectivity index (χ3n) is 2.87. The zero-order valence-corrected chi connectivity index (χ0v) is 7.91. The largest absolute Gasteiger partial charge is 0.272 e. The van der Waals surface area contributed by atoms with Crippen LogP contribution < -0.4 is 0 Å². The first-order valence-corrected chi connectivity index (χ1v) is 4.71. The Kier molecular flexibility index (Phi) is 1.75. The summed E-state index contributed by atoms with van der Waals surface area (Å²) in [5.74, 6) is 0.335. The highest BCUT2D eigenvalue weighted by atomic mass is 16.2. The first-order chi connectivity index (χ1) is 6.15. The summed E-state index contributed by atoms with van der Waals surface area (Å²) in [7, 11) is 0. The number of hydrogen-bond acceptors (Lipinski definition) is 2. The molecule has 1 aliphatic heterocycles. The van der Waals surface area contributed by atoms with Gasteiger partial charge >= 0.3 is 0 Å². The van der Waals surface area contributed by atoms with Gasteiger partial charge in [0.25, 0.3) is 11.8 Å². The number of carbonyl (C=O) groups is 2. The van der Waals surface area contributed by atoms with E-state index in [1.165, 1.54) is 11.0 Å². The molecule has 3 heteroatoms. The Labute approximate surface area is 77.4 Å². The van der Waals surface area contributed by atoms with Crippen molar-refractivity contribution in [3.05, 3.63) is 11.6 Å². The van der Waals surface area contributed by atoms with E-state index < -0.39 is 0 Å². The molecule has 1 saturated carbocycles. The lowest BCUT2D eigenvalue weighted by Crippen LogP contribution is -2.33. The van der Waals surface area contributed by atoms with Crippen molar-refractivity contribution in [1.29, 1.82) is 0 Å². The average molecular weight is 179 g/mol. The molecule has 1 aliphatic carbocycles. The maximum atomic E-state index is 11.5. The summed E-state index contributed by atoms with van der Waals surface area (Å²) >= 11 is 0. The van der Waals surface area contributed by atoms with Crippen LogP contribution in [0.5, 0.6) is 0 Å². The number of imide groups is 1. The number of nitrogens with zero attached hydrogens (tertiary/aromatic N) is 1. The predicted octanol–water partition coefficient (Wildman–Crippen LogP) is 1.10. The molecule has 3 nitrogen and oxygen atoms in total. The minimum Gasteiger partial charge on any atom is -0.272 e. The fraction of sp³-hybridized carbons (Fsp3) is 0.600. The van der Waals surface area contributed by atoms with Crippen molar-refractivity contribution in [2.45, 2.75) is 32.7 Å². The minimum atomic E-state index is -0.122. The van der Waals surface area contributed by atoms with E-state index in [-0.39, 0.29) is 17.9 Å². The van der Waals surface area contributed by atoms with Gasteiger partial charge in [0.2, 0.25) is 0 Å². The Balaban J connectivity index is 2.11. The van der Waals surface area contributed by atoms with E-state index in [2.05, 4.69) is 6.92 Å². The summed E-state index contributed by atoms with van der Waals surface area (Å²) in [6.45, 7) is 3.79. The molecule has 1 heterocycles. The van der Waals surface area contributed by atoms with Gasteiger partial charge in [0.15, 0.2) is 0 Å². The van der Waals surface area contributed by atoms with Gasteiger partial charge in [-0.1, -0.05) is 13.3 Å². The monoisotopic (exact) mass is 179 g/mol. The van der Waals surface area contributed by atoms with Crippen molar-refractivity contribution in [3.8, 4) is 0 Å². The highest BCUT2D eigenvalue weighted by Crippen LogP contribution is 2.40. The lowest BCUT2D eigenvalue weighted by Gasteiger charge is -2.13. The maximum Gasteiger partial charge on any atom is 0.256 e. The SMILES string of the molecule is CCC1CC1N1C(=O)C=C(C)C1=O. The molecular formula is C10H13NO2. The molecular weight excluding hydrogens is 166 g/mol. The minimum absolute atomic E-state index is 0.0917. The lowest BCUT2D eigenvalue weighted by atomic mass is 10.3. The molecule has 0 aromatic heterocycles. The third-order valence-corrected chi connectivity index (χ3v) is 2.87. The van der Waals surface area contributed by atoms with Crippen molar-refractivity contribution in [1.82, 2.24) is 4.90 Å². The summed E-state index contributed by atoms with van der Waals surface area (Å²) in [6, 6.07) is 0.193. The molecule has 1 fully saturated rings. The number of carbonyl (C=O) groups excluding carboxylic acids is 2. The van der Waals surface area contributed by atoms with Crippen molar-refractivity contribution >= 4 is 11.8 Å². The first-order valence-electron chi connectivity index (χ1n) is 4.71. The number of rotatable bonds is 2. The van der Waals surface area contributed by atoms with Crippen LogP contribution in [0, 0.1) is 5.92 Å². The Morgan fingerprint density at radius 2 is 2.23 bits per heavy atom. The van der Waals surface area contributed by atoms with E-state index in [0.29, 0.717) is 11.5 Å². The summed E-state index contributed by atoms with van der Waals surface area (Å²) in [5.41, 5.74) is 0.576. The van der Waals surface area contributed by atoms with Gasteiger partial charge in [-0.2, -0.15) is 0 Å². The summed E-state index contributed by atoms with van der Waals surface area (Å²) in [6.07, 6.45) is 3.49. The molecule has 0 bridgehead atoms. The fourth-order valence-corrected chi connectivity index (χ4v) is 1.91. The molecule has 0 spiro atoms. The van der Waals surface area contributed by atoms with E-state index in [1.807, 2.05) is 0 Å². The lowest BCUT2D eigenvalue weighted by molar-refractivity contribution is -0.138. The van der Waals surface area contributed by atoms with Crippen LogP contribution in [-0.2, 0) is 9.59 Å². The van der Waals surface area contributed by atoms with Crippen molar-refractivity contribution in [2.24, 2.45) is 5.92 Å². The smallest absolute Gasteiger partial charge is 0.256 e. The molecule has 2 aliphatic rings. The first kappa shape index (κ1) is 8.48. The van der Waals surface area contributed by atoms with Crippen molar-refractivity contribution in [2.75, 3.05) is 0 Å². The second-order valence-corrected chi connectivity index (χ2v) is 3.81. The second-order valence-electron chi connectivity index (χ2n) is 3.81. The van der Waals surface area contributed by atoms with Crippen LogP contribution in [0.3, 0.4) is 0 Å². The van der Waals surface area contributed by atoms with Gasteiger partial charge < -0.3 is 0 Å². The Morgan fingerprint density at radius 3 is 2.62 bits per heavy atom. The Hall–Kier alpha value is -1.12. The van der Waals surface area contributed by atoms with Gasteiger partial charge in [0, 0.05) is 17.7 Å². The molecule has 0 N–H and O–H groups in total. The van der Waals surface area contributed by atoms with E-state index in [9.17, 15) is 9.59 Å². The highest BCUT2D eigenvalue weighted by Gasteiger charge is 2.47. The molecule has 0 saturated heterocycles. The van der Waals surface area contributed by atoms with Crippen LogP contribution in [0.25, 0.3) is 0 Å². The van der Waals surface area contributed by atoms with Gasteiger partial charge in [-0.15, -0.1) is 0 Å². The zero-order valence-electron chi connectivity index (χ0n) is 7.91. The van der Waals surface area contributed by atoms with Crippen LogP contribution in [-0.4, -0.2) is 22.8 Å². The molecule has 2 amide bonds. The Bertz CT molecular complexity index is 306.